The number of para-hydroxylation sites is 1. The molecular weight excluding hydrogens is 546 g/mol. The number of aliphatic carboxylic acids is 2. The molecule has 0 atom stereocenters. The molecule has 0 unspecified atom stereocenters. The molecule has 0 spiro atoms. The van der Waals surface area contributed by atoms with Crippen LogP contribution in [0, 0.1) is 19.8 Å². The van der Waals surface area contributed by atoms with E-state index in [4.69, 9.17) is 24.4 Å². The van der Waals surface area contributed by atoms with Gasteiger partial charge in [-0.25, -0.2) is 9.59 Å². The van der Waals surface area contributed by atoms with Crippen LogP contribution in [0.3, 0.4) is 0 Å². The number of likely N-dealkylation sites (tertiary alicyclic amines) is 1. The quantitative estimate of drug-likeness (QED) is 0.186. The molecule has 0 bridgehead atoms. The van der Waals surface area contributed by atoms with Gasteiger partial charge in [-0.2, -0.15) is 0 Å². The van der Waals surface area contributed by atoms with Gasteiger partial charge in [-0.1, -0.05) is 65.7 Å². The molecule has 43 heavy (non-hydrogen) atoms. The van der Waals surface area contributed by atoms with Crippen LogP contribution in [0.1, 0.15) is 47.4 Å². The topological polar surface area (TPSA) is 106 Å². The Morgan fingerprint density at radius 2 is 1.28 bits per heavy atom. The standard InChI is InChI=1S/C31H39NO3.C4H4O4/c1-23-9-13-25(14-10-23)30(26-15-11-24(2)12-16-26)27-17-20-32(21-18-27)19-6-22-35-31-28(33-3)7-5-8-29(31)34-4;5-3(6)1-2-4(7)8/h5,7-16,27,30H,6,17-22H2,1-4H3;1-2H,(H,5,6)(H,7,8). The lowest BCUT2D eigenvalue weighted by atomic mass is 9.76. The van der Waals surface area contributed by atoms with Gasteiger partial charge in [0, 0.05) is 24.6 Å². The number of rotatable bonds is 12. The third-order valence-electron chi connectivity index (χ3n) is 7.59. The van der Waals surface area contributed by atoms with Crippen molar-refractivity contribution in [3.63, 3.8) is 0 Å². The molecule has 1 aliphatic rings. The summed E-state index contributed by atoms with van der Waals surface area (Å²) in [6, 6.07) is 24.0. The van der Waals surface area contributed by atoms with E-state index in [0.29, 0.717) is 47.8 Å². The summed E-state index contributed by atoms with van der Waals surface area (Å²) < 4.78 is 16.9. The van der Waals surface area contributed by atoms with Gasteiger partial charge >= 0.3 is 11.9 Å². The maximum atomic E-state index is 9.55. The lowest BCUT2D eigenvalue weighted by Crippen LogP contribution is -2.36. The molecule has 3 aromatic carbocycles. The van der Waals surface area contributed by atoms with Crippen LogP contribution in [0.4, 0.5) is 0 Å². The van der Waals surface area contributed by atoms with Crippen LogP contribution in [0.15, 0.2) is 78.9 Å². The number of benzene rings is 3. The fourth-order valence-electron chi connectivity index (χ4n) is 5.36. The summed E-state index contributed by atoms with van der Waals surface area (Å²) in [7, 11) is 3.32. The largest absolute Gasteiger partial charge is 0.493 e. The van der Waals surface area contributed by atoms with Crippen molar-refractivity contribution in [1.29, 1.82) is 0 Å². The fraction of sp³-hybridized carbons (Fsp3) is 0.371. The maximum absolute atomic E-state index is 9.55. The van der Waals surface area contributed by atoms with Crippen molar-refractivity contribution >= 4 is 11.9 Å². The number of hydrogen-bond donors (Lipinski definition) is 2. The number of hydrogen-bond acceptors (Lipinski definition) is 6. The zero-order valence-corrected chi connectivity index (χ0v) is 25.5. The van der Waals surface area contributed by atoms with E-state index in [9.17, 15) is 9.59 Å². The summed E-state index contributed by atoms with van der Waals surface area (Å²) >= 11 is 0. The monoisotopic (exact) mass is 589 g/mol. The molecule has 0 radical (unpaired) electrons. The van der Waals surface area contributed by atoms with Crippen LogP contribution >= 0.6 is 0 Å². The number of carboxylic acids is 2. The van der Waals surface area contributed by atoms with E-state index < -0.39 is 11.9 Å². The molecule has 0 aliphatic carbocycles. The average Bonchev–Trinajstić information content (AvgIpc) is 3.01. The van der Waals surface area contributed by atoms with Crippen LogP contribution in [0.2, 0.25) is 0 Å². The van der Waals surface area contributed by atoms with Crippen molar-refractivity contribution in [3.05, 3.63) is 101 Å². The van der Waals surface area contributed by atoms with Crippen molar-refractivity contribution < 1.29 is 34.0 Å². The first-order valence-corrected chi connectivity index (χ1v) is 14.5. The van der Waals surface area contributed by atoms with E-state index in [1.54, 1.807) is 14.2 Å². The second-order valence-corrected chi connectivity index (χ2v) is 10.7. The molecule has 0 saturated carbocycles. The minimum atomic E-state index is -1.26. The van der Waals surface area contributed by atoms with Gasteiger partial charge in [-0.3, -0.25) is 0 Å². The lowest BCUT2D eigenvalue weighted by Gasteiger charge is -2.36. The van der Waals surface area contributed by atoms with Crippen LogP contribution < -0.4 is 14.2 Å². The molecule has 1 heterocycles. The van der Waals surface area contributed by atoms with E-state index >= 15 is 0 Å². The normalized spacial score (nSPS) is 13.8. The predicted molar refractivity (Wildman–Crippen MR) is 167 cm³/mol. The first kappa shape index (κ1) is 33.2. The first-order valence-electron chi connectivity index (χ1n) is 14.5. The van der Waals surface area contributed by atoms with Crippen LogP contribution in [0.25, 0.3) is 0 Å². The average molecular weight is 590 g/mol. The zero-order chi connectivity index (χ0) is 31.2. The SMILES string of the molecule is COc1cccc(OC)c1OCCCN1CCC(C(c2ccc(C)cc2)c2ccc(C)cc2)CC1.O=C(O)C=CC(=O)O. The predicted octanol–water partition coefficient (Wildman–Crippen LogP) is 6.35. The van der Waals surface area contributed by atoms with Crippen molar-refractivity contribution in [2.24, 2.45) is 5.92 Å². The maximum Gasteiger partial charge on any atom is 0.328 e. The molecule has 230 valence electrons. The molecular formula is C35H43NO7. The molecule has 0 aromatic heterocycles. The Balaban J connectivity index is 0.000000557. The molecule has 1 fully saturated rings. The van der Waals surface area contributed by atoms with Crippen LogP contribution in [-0.4, -0.2) is 67.5 Å². The highest BCUT2D eigenvalue weighted by Gasteiger charge is 2.29. The van der Waals surface area contributed by atoms with Crippen molar-refractivity contribution in [3.8, 4) is 17.2 Å². The van der Waals surface area contributed by atoms with Crippen LogP contribution in [0.5, 0.6) is 17.2 Å². The number of carboxylic acid groups (broad SMARTS) is 2. The fourth-order valence-corrected chi connectivity index (χ4v) is 5.36. The molecule has 2 N–H and O–H groups in total. The number of aryl methyl sites for hydroxylation is 2. The van der Waals surface area contributed by atoms with Gasteiger partial charge in [0.2, 0.25) is 5.75 Å². The number of nitrogens with zero attached hydrogens (tertiary/aromatic N) is 1. The van der Waals surface area contributed by atoms with Gasteiger partial charge in [0.15, 0.2) is 11.5 Å². The van der Waals surface area contributed by atoms with Crippen molar-refractivity contribution in [2.45, 2.75) is 39.0 Å². The molecule has 8 nitrogen and oxygen atoms in total. The van der Waals surface area contributed by atoms with Crippen molar-refractivity contribution in [1.82, 2.24) is 4.90 Å². The third kappa shape index (κ3) is 10.5. The first-order chi connectivity index (χ1) is 20.7. The number of methoxy groups -OCH3 is 2. The van der Waals surface area contributed by atoms with Gasteiger partial charge in [0.1, 0.15) is 0 Å². The van der Waals surface area contributed by atoms with E-state index in [1.807, 2.05) is 18.2 Å². The Bertz CT molecular complexity index is 1240. The second-order valence-electron chi connectivity index (χ2n) is 10.7. The Morgan fingerprint density at radius 1 is 0.814 bits per heavy atom. The highest BCUT2D eigenvalue weighted by atomic mass is 16.5. The van der Waals surface area contributed by atoms with E-state index in [2.05, 4.69) is 67.3 Å². The van der Waals surface area contributed by atoms with Crippen molar-refractivity contribution in [2.75, 3.05) is 40.5 Å². The summed E-state index contributed by atoms with van der Waals surface area (Å²) in [5, 5.41) is 15.6. The van der Waals surface area contributed by atoms with E-state index in [0.717, 1.165) is 26.1 Å². The molecule has 0 amide bonds. The van der Waals surface area contributed by atoms with Gasteiger partial charge < -0.3 is 29.3 Å². The molecule has 3 aromatic rings. The Morgan fingerprint density at radius 3 is 1.70 bits per heavy atom. The number of piperidine rings is 1. The summed E-state index contributed by atoms with van der Waals surface area (Å²) in [6.07, 6.45) is 4.52. The summed E-state index contributed by atoms with van der Waals surface area (Å²) in [5.74, 6) is 0.715. The number of ether oxygens (including phenoxy) is 3. The Hall–Kier alpha value is -4.30. The zero-order valence-electron chi connectivity index (χ0n) is 25.5. The van der Waals surface area contributed by atoms with Gasteiger partial charge in [0.25, 0.3) is 0 Å². The van der Waals surface area contributed by atoms with Gasteiger partial charge in [-0.05, 0) is 75.4 Å². The van der Waals surface area contributed by atoms with Gasteiger partial charge in [0.05, 0.1) is 20.8 Å². The van der Waals surface area contributed by atoms with Crippen LogP contribution in [-0.2, 0) is 9.59 Å². The number of carbonyl (C=O) groups is 2. The van der Waals surface area contributed by atoms with E-state index in [1.165, 1.54) is 35.1 Å². The third-order valence-corrected chi connectivity index (χ3v) is 7.59. The Kier molecular flexibility index (Phi) is 13.1. The summed E-state index contributed by atoms with van der Waals surface area (Å²) in [6.45, 7) is 8.29. The smallest absolute Gasteiger partial charge is 0.328 e. The summed E-state index contributed by atoms with van der Waals surface area (Å²) in [5.41, 5.74) is 5.52. The lowest BCUT2D eigenvalue weighted by molar-refractivity contribution is -0.134. The molecule has 1 aliphatic heterocycles. The minimum Gasteiger partial charge on any atom is -0.493 e. The minimum absolute atomic E-state index is 0.458. The molecule has 4 rings (SSSR count). The molecule has 1 saturated heterocycles. The Labute approximate surface area is 254 Å². The van der Waals surface area contributed by atoms with E-state index in [-0.39, 0.29) is 0 Å². The second kappa shape index (κ2) is 17.0. The highest BCUT2D eigenvalue weighted by Crippen LogP contribution is 2.39. The summed E-state index contributed by atoms with van der Waals surface area (Å²) in [4.78, 5) is 21.7. The molecule has 8 heteroatoms. The van der Waals surface area contributed by atoms with Gasteiger partial charge in [-0.15, -0.1) is 0 Å². The highest BCUT2D eigenvalue weighted by molar-refractivity contribution is 5.89.